The molecule has 2 fully saturated rings. The molecule has 3 rings (SSSR count). The van der Waals surface area contributed by atoms with Gasteiger partial charge in [-0.15, -0.1) is 0 Å². The van der Waals surface area contributed by atoms with Crippen LogP contribution in [0.2, 0.25) is 5.02 Å². The lowest BCUT2D eigenvalue weighted by atomic mass is 10.1. The van der Waals surface area contributed by atoms with Gasteiger partial charge in [0.15, 0.2) is 5.96 Å². The van der Waals surface area contributed by atoms with E-state index >= 15 is 0 Å². The van der Waals surface area contributed by atoms with E-state index in [1.165, 1.54) is 18.9 Å². The van der Waals surface area contributed by atoms with E-state index < -0.39 is 0 Å². The molecule has 2 saturated carbocycles. The Morgan fingerprint density at radius 2 is 2.21 bits per heavy atom. The van der Waals surface area contributed by atoms with Crippen LogP contribution in [0.25, 0.3) is 0 Å². The lowest BCUT2D eigenvalue weighted by Crippen LogP contribution is -2.36. The van der Waals surface area contributed by atoms with Gasteiger partial charge in [-0.1, -0.05) is 17.7 Å². The molecule has 0 amide bonds. The Bertz CT molecular complexity index is 507. The maximum atomic E-state index is 13.8. The number of nitrogens with zero attached hydrogens (tertiary/aromatic N) is 2. The molecule has 0 aromatic heterocycles. The molecule has 2 unspecified atom stereocenters. The minimum absolute atomic E-state index is 0.0654. The minimum atomic E-state index is -0.246. The summed E-state index contributed by atoms with van der Waals surface area (Å²) in [6, 6.07) is 5.39. The second-order valence-electron chi connectivity index (χ2n) is 5.37. The summed E-state index contributed by atoms with van der Waals surface area (Å²) in [5, 5.41) is 0.483. The molecule has 5 heteroatoms. The third-order valence-electron chi connectivity index (χ3n) is 3.88. The highest BCUT2D eigenvalue weighted by Gasteiger charge is 2.42. The van der Waals surface area contributed by atoms with Gasteiger partial charge in [0.2, 0.25) is 0 Å². The van der Waals surface area contributed by atoms with Crippen LogP contribution in [0, 0.1) is 5.82 Å². The second kappa shape index (κ2) is 4.67. The Morgan fingerprint density at radius 3 is 2.84 bits per heavy atom. The van der Waals surface area contributed by atoms with E-state index in [9.17, 15) is 4.39 Å². The fourth-order valence-corrected chi connectivity index (χ4v) is 2.71. The van der Waals surface area contributed by atoms with Gasteiger partial charge in [-0.2, -0.15) is 0 Å². The molecule has 1 aromatic carbocycles. The smallest absolute Gasteiger partial charge is 0.191 e. The molecule has 2 atom stereocenters. The standard InChI is InChI=1S/C14H17ClFN3/c1-19(8-5-6-8)14(17)18-12-7-9(12)13-10(15)3-2-4-11(13)16/h2-4,8-9,12H,5-7H2,1H3,(H2,17,18). The van der Waals surface area contributed by atoms with Gasteiger partial charge < -0.3 is 10.6 Å². The van der Waals surface area contributed by atoms with Crippen LogP contribution >= 0.6 is 11.6 Å². The molecular weight excluding hydrogens is 265 g/mol. The van der Waals surface area contributed by atoms with E-state index in [4.69, 9.17) is 17.3 Å². The predicted molar refractivity (Wildman–Crippen MR) is 75.0 cm³/mol. The second-order valence-corrected chi connectivity index (χ2v) is 5.78. The van der Waals surface area contributed by atoms with Crippen LogP contribution in [0.5, 0.6) is 0 Å². The van der Waals surface area contributed by atoms with Crippen LogP contribution in [-0.4, -0.2) is 30.0 Å². The zero-order valence-electron chi connectivity index (χ0n) is 10.8. The van der Waals surface area contributed by atoms with Crippen molar-refractivity contribution in [2.24, 2.45) is 10.7 Å². The monoisotopic (exact) mass is 281 g/mol. The zero-order valence-corrected chi connectivity index (χ0v) is 11.6. The molecule has 2 N–H and O–H groups in total. The van der Waals surface area contributed by atoms with Crippen molar-refractivity contribution < 1.29 is 4.39 Å². The van der Waals surface area contributed by atoms with Crippen molar-refractivity contribution in [1.29, 1.82) is 0 Å². The minimum Gasteiger partial charge on any atom is -0.370 e. The number of nitrogens with two attached hydrogens (primary N) is 1. The number of aliphatic imine (C=N–C) groups is 1. The number of halogens is 2. The highest BCUT2D eigenvalue weighted by molar-refractivity contribution is 6.31. The number of benzene rings is 1. The molecule has 2 aliphatic carbocycles. The predicted octanol–water partition coefficient (Wildman–Crippen LogP) is 2.74. The summed E-state index contributed by atoms with van der Waals surface area (Å²) in [6.07, 6.45) is 3.18. The van der Waals surface area contributed by atoms with Crippen molar-refractivity contribution in [2.75, 3.05) is 7.05 Å². The van der Waals surface area contributed by atoms with Gasteiger partial charge in [0, 0.05) is 29.6 Å². The Morgan fingerprint density at radius 1 is 1.47 bits per heavy atom. The maximum absolute atomic E-state index is 13.8. The molecule has 0 radical (unpaired) electrons. The third kappa shape index (κ3) is 2.54. The summed E-state index contributed by atoms with van der Waals surface area (Å²) >= 11 is 6.06. The molecule has 102 valence electrons. The van der Waals surface area contributed by atoms with Gasteiger partial charge in [-0.25, -0.2) is 9.38 Å². The molecule has 19 heavy (non-hydrogen) atoms. The maximum Gasteiger partial charge on any atom is 0.191 e. The molecule has 0 saturated heterocycles. The van der Waals surface area contributed by atoms with E-state index in [2.05, 4.69) is 4.99 Å². The summed E-state index contributed by atoms with van der Waals surface area (Å²) in [7, 11) is 1.96. The number of rotatable bonds is 3. The van der Waals surface area contributed by atoms with Gasteiger partial charge in [-0.05, 0) is 31.4 Å². The highest BCUT2D eigenvalue weighted by Crippen LogP contribution is 2.47. The van der Waals surface area contributed by atoms with Crippen LogP contribution < -0.4 is 5.73 Å². The van der Waals surface area contributed by atoms with Crippen LogP contribution in [0.3, 0.4) is 0 Å². The normalized spacial score (nSPS) is 26.4. The van der Waals surface area contributed by atoms with Crippen LogP contribution in [0.4, 0.5) is 4.39 Å². The molecule has 2 aliphatic rings. The van der Waals surface area contributed by atoms with Crippen molar-refractivity contribution >= 4 is 17.6 Å². The average molecular weight is 282 g/mol. The van der Waals surface area contributed by atoms with E-state index in [1.807, 2.05) is 11.9 Å². The summed E-state index contributed by atoms with van der Waals surface area (Å²) < 4.78 is 13.8. The Hall–Kier alpha value is -1.29. The van der Waals surface area contributed by atoms with Crippen LogP contribution in [0.1, 0.15) is 30.7 Å². The molecular formula is C14H17ClFN3. The lowest BCUT2D eigenvalue weighted by Gasteiger charge is -2.16. The first-order valence-corrected chi connectivity index (χ1v) is 6.95. The van der Waals surface area contributed by atoms with Gasteiger partial charge in [-0.3, -0.25) is 0 Å². The lowest BCUT2D eigenvalue weighted by molar-refractivity contribution is 0.487. The van der Waals surface area contributed by atoms with Crippen molar-refractivity contribution in [3.8, 4) is 0 Å². The topological polar surface area (TPSA) is 41.6 Å². The SMILES string of the molecule is CN(C(N)=NC1CC1c1c(F)cccc1Cl)C1CC1. The first-order valence-electron chi connectivity index (χ1n) is 6.58. The van der Waals surface area contributed by atoms with Crippen LogP contribution in [-0.2, 0) is 0 Å². The first-order chi connectivity index (χ1) is 9.08. The van der Waals surface area contributed by atoms with Gasteiger partial charge in [0.05, 0.1) is 6.04 Å². The van der Waals surface area contributed by atoms with Crippen LogP contribution in [0.15, 0.2) is 23.2 Å². The molecule has 0 aliphatic heterocycles. The van der Waals surface area contributed by atoms with Crippen molar-refractivity contribution in [1.82, 2.24) is 4.90 Å². The quantitative estimate of drug-likeness (QED) is 0.684. The number of guanidine groups is 1. The Labute approximate surface area is 117 Å². The molecule has 0 bridgehead atoms. The Kier molecular flexibility index (Phi) is 3.13. The molecule has 1 aromatic rings. The van der Waals surface area contributed by atoms with E-state index in [1.54, 1.807) is 12.1 Å². The van der Waals surface area contributed by atoms with Crippen molar-refractivity contribution in [2.45, 2.75) is 37.3 Å². The van der Waals surface area contributed by atoms with Crippen molar-refractivity contribution in [3.05, 3.63) is 34.6 Å². The molecule has 3 nitrogen and oxygen atoms in total. The Balaban J connectivity index is 1.72. The fourth-order valence-electron chi connectivity index (χ4n) is 2.41. The number of hydrogen-bond donors (Lipinski definition) is 1. The van der Waals surface area contributed by atoms with Crippen molar-refractivity contribution in [3.63, 3.8) is 0 Å². The first kappa shape index (κ1) is 12.7. The third-order valence-corrected chi connectivity index (χ3v) is 4.21. The summed E-state index contributed by atoms with van der Waals surface area (Å²) in [4.78, 5) is 6.50. The fraction of sp³-hybridized carbons (Fsp3) is 0.500. The zero-order chi connectivity index (χ0) is 13.6. The highest BCUT2D eigenvalue weighted by atomic mass is 35.5. The van der Waals surface area contributed by atoms with Gasteiger partial charge >= 0.3 is 0 Å². The largest absolute Gasteiger partial charge is 0.370 e. The van der Waals surface area contributed by atoms with E-state index in [-0.39, 0.29) is 17.8 Å². The van der Waals surface area contributed by atoms with Gasteiger partial charge in [0.25, 0.3) is 0 Å². The van der Waals surface area contributed by atoms with E-state index in [0.717, 1.165) is 6.42 Å². The summed E-state index contributed by atoms with van der Waals surface area (Å²) in [5.74, 6) is 0.381. The summed E-state index contributed by atoms with van der Waals surface area (Å²) in [6.45, 7) is 0. The molecule has 0 spiro atoms. The van der Waals surface area contributed by atoms with Gasteiger partial charge in [0.1, 0.15) is 5.82 Å². The van der Waals surface area contributed by atoms with E-state index in [0.29, 0.717) is 22.6 Å². The molecule has 0 heterocycles. The summed E-state index contributed by atoms with van der Waals surface area (Å²) in [5.41, 5.74) is 6.55. The number of hydrogen-bond acceptors (Lipinski definition) is 1. The average Bonchev–Trinajstić information content (AvgIpc) is 3.22.